The lowest BCUT2D eigenvalue weighted by molar-refractivity contribution is 0.0697. The average molecular weight is 473 g/mol. The van der Waals surface area contributed by atoms with Crippen LogP contribution in [0.2, 0.25) is 0 Å². The molecule has 2 amide bonds. The van der Waals surface area contributed by atoms with Crippen LogP contribution in [-0.4, -0.2) is 36.4 Å². The Kier molecular flexibility index (Phi) is 7.53. The lowest BCUT2D eigenvalue weighted by Gasteiger charge is -2.30. The molecule has 160 valence electrons. The quantitative estimate of drug-likeness (QED) is 0.594. The van der Waals surface area contributed by atoms with Gasteiger partial charge in [0.05, 0.1) is 11.1 Å². The molecule has 1 aliphatic heterocycles. The molecule has 0 radical (unpaired) electrons. The molecule has 0 aliphatic carbocycles. The van der Waals surface area contributed by atoms with Gasteiger partial charge in [-0.15, -0.1) is 0 Å². The minimum atomic E-state index is -0.234. The highest BCUT2D eigenvalue weighted by Gasteiger charge is 2.21. The minimum absolute atomic E-state index is 0.0207. The van der Waals surface area contributed by atoms with Gasteiger partial charge >= 0.3 is 0 Å². The van der Waals surface area contributed by atoms with E-state index in [2.05, 4.69) is 42.0 Å². The normalized spacial score (nSPS) is 14.6. The topological polar surface area (TPSA) is 58.6 Å². The number of anilines is 1. The zero-order valence-electron chi connectivity index (χ0n) is 17.8. The Morgan fingerprint density at radius 2 is 1.87 bits per heavy atom. The summed E-state index contributed by atoms with van der Waals surface area (Å²) < 4.78 is 6.47. The van der Waals surface area contributed by atoms with Gasteiger partial charge in [-0.3, -0.25) is 9.59 Å². The van der Waals surface area contributed by atoms with E-state index in [-0.39, 0.29) is 11.8 Å². The highest BCUT2D eigenvalue weighted by atomic mass is 79.9. The van der Waals surface area contributed by atoms with Crippen LogP contribution < -0.4 is 10.1 Å². The molecule has 0 saturated carbocycles. The monoisotopic (exact) mass is 472 g/mol. The van der Waals surface area contributed by atoms with Crippen molar-refractivity contribution in [2.75, 3.05) is 25.0 Å². The summed E-state index contributed by atoms with van der Waals surface area (Å²) in [6.07, 6.45) is 2.07. The summed E-state index contributed by atoms with van der Waals surface area (Å²) in [5.74, 6) is 1.59. The molecule has 1 saturated heterocycles. The van der Waals surface area contributed by atoms with Crippen molar-refractivity contribution in [3.05, 3.63) is 58.1 Å². The third kappa shape index (κ3) is 5.85. The number of carbonyl (C=O) groups is 2. The predicted octanol–water partition coefficient (Wildman–Crippen LogP) is 5.61. The fourth-order valence-corrected chi connectivity index (χ4v) is 3.84. The van der Waals surface area contributed by atoms with Crippen LogP contribution in [0.5, 0.6) is 5.75 Å². The maximum Gasteiger partial charge on any atom is 0.255 e. The molecule has 5 nitrogen and oxygen atoms in total. The highest BCUT2D eigenvalue weighted by molar-refractivity contribution is 9.10. The third-order valence-electron chi connectivity index (χ3n) is 5.20. The van der Waals surface area contributed by atoms with Crippen molar-refractivity contribution in [3.63, 3.8) is 0 Å². The molecule has 2 aromatic carbocycles. The number of hydrogen-bond donors (Lipinski definition) is 1. The summed E-state index contributed by atoms with van der Waals surface area (Å²) in [6, 6.07) is 12.4. The number of hydrogen-bond acceptors (Lipinski definition) is 3. The van der Waals surface area contributed by atoms with Crippen LogP contribution in [0.3, 0.4) is 0 Å². The summed E-state index contributed by atoms with van der Waals surface area (Å²) in [5, 5.41) is 2.89. The zero-order valence-corrected chi connectivity index (χ0v) is 19.4. The maximum atomic E-state index is 12.8. The maximum absolute atomic E-state index is 12.8. The number of nitrogens with zero attached hydrogens (tertiary/aromatic N) is 1. The van der Waals surface area contributed by atoms with E-state index >= 15 is 0 Å². The summed E-state index contributed by atoms with van der Waals surface area (Å²) >= 11 is 3.47. The summed E-state index contributed by atoms with van der Waals surface area (Å²) in [7, 11) is 0. The molecule has 0 spiro atoms. The largest absolute Gasteiger partial charge is 0.492 e. The van der Waals surface area contributed by atoms with Crippen molar-refractivity contribution in [1.82, 2.24) is 4.90 Å². The van der Waals surface area contributed by atoms with E-state index in [1.54, 1.807) is 42.5 Å². The number of halogens is 1. The van der Waals surface area contributed by atoms with Crippen LogP contribution in [0.15, 0.2) is 46.9 Å². The molecule has 1 heterocycles. The van der Waals surface area contributed by atoms with E-state index in [0.29, 0.717) is 41.0 Å². The fourth-order valence-electron chi connectivity index (χ4n) is 3.34. The van der Waals surface area contributed by atoms with Gasteiger partial charge in [0, 0.05) is 29.9 Å². The first kappa shape index (κ1) is 22.3. The number of nitrogens with one attached hydrogen (secondary N) is 1. The Labute approximate surface area is 186 Å². The minimum Gasteiger partial charge on any atom is -0.492 e. The van der Waals surface area contributed by atoms with Crippen LogP contribution in [0, 0.1) is 11.8 Å². The van der Waals surface area contributed by atoms with E-state index in [0.717, 1.165) is 30.4 Å². The average Bonchev–Trinajstić information content (AvgIpc) is 2.73. The first-order valence-corrected chi connectivity index (χ1v) is 11.3. The number of ether oxygens (including phenoxy) is 1. The Morgan fingerprint density at radius 1 is 1.13 bits per heavy atom. The molecule has 0 unspecified atom stereocenters. The lowest BCUT2D eigenvalue weighted by atomic mass is 9.98. The third-order valence-corrected chi connectivity index (χ3v) is 5.82. The molecule has 1 aliphatic rings. The number of likely N-dealkylation sites (tertiary alicyclic amines) is 1. The number of amides is 2. The van der Waals surface area contributed by atoms with Gasteiger partial charge in [-0.05, 0) is 77.0 Å². The second-order valence-corrected chi connectivity index (χ2v) is 9.21. The van der Waals surface area contributed by atoms with Crippen molar-refractivity contribution >= 4 is 33.4 Å². The van der Waals surface area contributed by atoms with Gasteiger partial charge in [0.15, 0.2) is 0 Å². The molecule has 1 fully saturated rings. The SMILES string of the molecule is CC(C)COc1ccc(C(=O)Nc2cccc(C(=O)N3CCC(C)CC3)c2)cc1Br. The predicted molar refractivity (Wildman–Crippen MR) is 123 cm³/mol. The summed E-state index contributed by atoms with van der Waals surface area (Å²) in [4.78, 5) is 27.4. The van der Waals surface area contributed by atoms with Gasteiger partial charge in [-0.25, -0.2) is 0 Å². The first-order valence-electron chi connectivity index (χ1n) is 10.5. The van der Waals surface area contributed by atoms with Crippen LogP contribution in [0.1, 0.15) is 54.3 Å². The summed E-state index contributed by atoms with van der Waals surface area (Å²) in [6.45, 7) is 8.58. The van der Waals surface area contributed by atoms with Gasteiger partial charge in [-0.2, -0.15) is 0 Å². The Hall–Kier alpha value is -2.34. The van der Waals surface area contributed by atoms with Gasteiger partial charge in [-0.1, -0.05) is 26.8 Å². The lowest BCUT2D eigenvalue weighted by Crippen LogP contribution is -2.37. The smallest absolute Gasteiger partial charge is 0.255 e. The fraction of sp³-hybridized carbons (Fsp3) is 0.417. The Morgan fingerprint density at radius 3 is 2.53 bits per heavy atom. The standard InChI is InChI=1S/C24H29BrN2O3/c1-16(2)15-30-22-8-7-18(14-21(22)25)23(28)26-20-6-4-5-19(13-20)24(29)27-11-9-17(3)10-12-27/h4-8,13-14,16-17H,9-12,15H2,1-3H3,(H,26,28). The molecule has 2 aromatic rings. The molecule has 1 N–H and O–H groups in total. The van der Waals surface area contributed by atoms with Crippen LogP contribution in [0.25, 0.3) is 0 Å². The van der Waals surface area contributed by atoms with Gasteiger partial charge in [0.2, 0.25) is 0 Å². The van der Waals surface area contributed by atoms with E-state index in [9.17, 15) is 9.59 Å². The molecular formula is C24H29BrN2O3. The molecular weight excluding hydrogens is 444 g/mol. The molecule has 0 atom stereocenters. The van der Waals surface area contributed by atoms with Crippen molar-refractivity contribution in [3.8, 4) is 5.75 Å². The van der Waals surface area contributed by atoms with Gasteiger partial charge in [0.1, 0.15) is 5.75 Å². The van der Waals surface area contributed by atoms with Crippen molar-refractivity contribution in [2.45, 2.75) is 33.6 Å². The number of rotatable bonds is 6. The molecule has 0 aromatic heterocycles. The first-order chi connectivity index (χ1) is 14.3. The number of piperidine rings is 1. The number of benzene rings is 2. The van der Waals surface area contributed by atoms with Crippen molar-refractivity contribution in [2.24, 2.45) is 11.8 Å². The highest BCUT2D eigenvalue weighted by Crippen LogP contribution is 2.27. The molecule has 3 rings (SSSR count). The molecule has 30 heavy (non-hydrogen) atoms. The van der Waals surface area contributed by atoms with Gasteiger partial charge in [0.25, 0.3) is 11.8 Å². The van der Waals surface area contributed by atoms with Crippen LogP contribution in [0.4, 0.5) is 5.69 Å². The van der Waals surface area contributed by atoms with Crippen molar-refractivity contribution in [1.29, 1.82) is 0 Å². The van der Waals surface area contributed by atoms with Crippen LogP contribution >= 0.6 is 15.9 Å². The van der Waals surface area contributed by atoms with E-state index in [4.69, 9.17) is 4.74 Å². The van der Waals surface area contributed by atoms with E-state index in [1.807, 2.05) is 4.90 Å². The second-order valence-electron chi connectivity index (χ2n) is 8.36. The van der Waals surface area contributed by atoms with Crippen LogP contribution in [-0.2, 0) is 0 Å². The summed E-state index contributed by atoms with van der Waals surface area (Å²) in [5.41, 5.74) is 1.72. The van der Waals surface area contributed by atoms with Crippen molar-refractivity contribution < 1.29 is 14.3 Å². The van der Waals surface area contributed by atoms with E-state index < -0.39 is 0 Å². The zero-order chi connectivity index (χ0) is 21.7. The Bertz CT molecular complexity index is 905. The van der Waals surface area contributed by atoms with Gasteiger partial charge < -0.3 is 15.0 Å². The molecule has 0 bridgehead atoms. The Balaban J connectivity index is 1.66. The van der Waals surface area contributed by atoms with E-state index in [1.165, 1.54) is 0 Å². The second kappa shape index (κ2) is 10.1. The molecule has 6 heteroatoms. The number of carbonyl (C=O) groups excluding carboxylic acids is 2.